The van der Waals surface area contributed by atoms with E-state index >= 15 is 0 Å². The molecule has 1 aromatic heterocycles. The predicted octanol–water partition coefficient (Wildman–Crippen LogP) is 1.28. The molecule has 2 heterocycles. The molecule has 0 spiro atoms. The van der Waals surface area contributed by atoms with Crippen LogP contribution in [0, 0.1) is 5.92 Å². The molecule has 1 fully saturated rings. The highest BCUT2D eigenvalue weighted by Crippen LogP contribution is 2.19. The molecule has 1 aliphatic rings. The Labute approximate surface area is 117 Å². The minimum absolute atomic E-state index is 0.0187. The van der Waals surface area contributed by atoms with Crippen LogP contribution in [0.5, 0.6) is 0 Å². The Morgan fingerprint density at radius 1 is 1.45 bits per heavy atom. The van der Waals surface area contributed by atoms with Gasteiger partial charge in [0.15, 0.2) is 0 Å². The second-order valence-corrected chi connectivity index (χ2v) is 4.90. The quantitative estimate of drug-likeness (QED) is 0.897. The summed E-state index contributed by atoms with van der Waals surface area (Å²) in [6.45, 7) is 1.93. The van der Waals surface area contributed by atoms with Crippen molar-refractivity contribution in [1.29, 1.82) is 0 Å². The molecule has 2 rings (SSSR count). The van der Waals surface area contributed by atoms with E-state index in [0.29, 0.717) is 25.6 Å². The lowest BCUT2D eigenvalue weighted by atomic mass is 9.97. The molecule has 6 heteroatoms. The first-order chi connectivity index (χ1) is 9.63. The van der Waals surface area contributed by atoms with Gasteiger partial charge < -0.3 is 14.7 Å². The summed E-state index contributed by atoms with van der Waals surface area (Å²) in [7, 11) is 1.67. The fraction of sp³-hybridized carbons (Fsp3) is 0.500. The maximum absolute atomic E-state index is 12.4. The van der Waals surface area contributed by atoms with Crippen LogP contribution in [0.25, 0.3) is 0 Å². The maximum atomic E-state index is 12.4. The number of carboxylic acid groups (broad SMARTS) is 1. The van der Waals surface area contributed by atoms with Crippen LogP contribution < -0.4 is 0 Å². The predicted molar refractivity (Wildman–Crippen MR) is 71.7 cm³/mol. The second-order valence-electron chi connectivity index (χ2n) is 4.90. The summed E-state index contributed by atoms with van der Waals surface area (Å²) in [5.74, 6) is -0.971. The molecular weight excluding hydrogens is 260 g/mol. The fourth-order valence-corrected chi connectivity index (χ4v) is 2.44. The van der Waals surface area contributed by atoms with Crippen molar-refractivity contribution in [3.63, 3.8) is 0 Å². The Kier molecular flexibility index (Phi) is 4.68. The molecule has 1 N–H and O–H groups in total. The summed E-state index contributed by atoms with van der Waals surface area (Å²) in [6.07, 6.45) is 3.18. The molecule has 108 valence electrons. The number of carboxylic acids is 1. The Balaban J connectivity index is 2.08. The van der Waals surface area contributed by atoms with E-state index in [0.717, 1.165) is 12.8 Å². The molecular formula is C14H18N2O4. The topological polar surface area (TPSA) is 79.7 Å². The lowest BCUT2D eigenvalue weighted by molar-refractivity contribution is 0.0592. The van der Waals surface area contributed by atoms with E-state index in [2.05, 4.69) is 4.98 Å². The van der Waals surface area contributed by atoms with E-state index in [1.54, 1.807) is 12.0 Å². The van der Waals surface area contributed by atoms with E-state index in [1.165, 1.54) is 18.3 Å². The number of hydrogen-bond donors (Lipinski definition) is 1. The van der Waals surface area contributed by atoms with Crippen molar-refractivity contribution in [2.75, 3.05) is 26.8 Å². The van der Waals surface area contributed by atoms with Crippen molar-refractivity contribution < 1.29 is 19.4 Å². The van der Waals surface area contributed by atoms with Gasteiger partial charge in [-0.3, -0.25) is 9.78 Å². The van der Waals surface area contributed by atoms with Crippen molar-refractivity contribution >= 4 is 11.9 Å². The molecule has 1 aromatic rings. The summed E-state index contributed by atoms with van der Waals surface area (Å²) in [5, 5.41) is 9.10. The zero-order chi connectivity index (χ0) is 14.5. The average molecular weight is 278 g/mol. The number of aromatic nitrogens is 1. The normalized spacial score (nSPS) is 16.1. The van der Waals surface area contributed by atoms with Gasteiger partial charge in [0.1, 0.15) is 5.69 Å². The number of carbonyl (C=O) groups is 2. The monoisotopic (exact) mass is 278 g/mol. The zero-order valence-electron chi connectivity index (χ0n) is 11.4. The van der Waals surface area contributed by atoms with Gasteiger partial charge in [0.05, 0.1) is 5.56 Å². The van der Waals surface area contributed by atoms with Crippen molar-refractivity contribution in [2.24, 2.45) is 5.92 Å². The molecule has 0 radical (unpaired) electrons. The summed E-state index contributed by atoms with van der Waals surface area (Å²) in [6, 6.07) is 2.92. The van der Waals surface area contributed by atoms with Gasteiger partial charge in [-0.25, -0.2) is 4.79 Å². The van der Waals surface area contributed by atoms with E-state index in [-0.39, 0.29) is 17.2 Å². The van der Waals surface area contributed by atoms with Crippen LogP contribution in [0.4, 0.5) is 0 Å². The number of ether oxygens (including phenoxy) is 1. The Bertz CT molecular complexity index is 496. The molecule has 6 nitrogen and oxygen atoms in total. The van der Waals surface area contributed by atoms with Gasteiger partial charge in [-0.05, 0) is 30.9 Å². The van der Waals surface area contributed by atoms with Gasteiger partial charge in [-0.1, -0.05) is 0 Å². The molecule has 0 atom stereocenters. The molecule has 0 bridgehead atoms. The SMILES string of the molecule is COCC1CCN(C(=O)c2ncccc2C(=O)O)CC1. The molecule has 1 saturated heterocycles. The number of nitrogens with zero attached hydrogens (tertiary/aromatic N) is 2. The largest absolute Gasteiger partial charge is 0.478 e. The molecule has 0 unspecified atom stereocenters. The first-order valence-electron chi connectivity index (χ1n) is 6.60. The average Bonchev–Trinajstić information content (AvgIpc) is 2.47. The third kappa shape index (κ3) is 3.14. The van der Waals surface area contributed by atoms with Crippen molar-refractivity contribution in [3.05, 3.63) is 29.6 Å². The fourth-order valence-electron chi connectivity index (χ4n) is 2.44. The number of aromatic carboxylic acids is 1. The third-order valence-electron chi connectivity index (χ3n) is 3.54. The maximum Gasteiger partial charge on any atom is 0.338 e. The van der Waals surface area contributed by atoms with Gasteiger partial charge >= 0.3 is 5.97 Å². The number of likely N-dealkylation sites (tertiary alicyclic amines) is 1. The van der Waals surface area contributed by atoms with E-state index in [4.69, 9.17) is 9.84 Å². The molecule has 0 aromatic carbocycles. The van der Waals surface area contributed by atoms with Crippen LogP contribution in [0.1, 0.15) is 33.7 Å². The lowest BCUT2D eigenvalue weighted by Crippen LogP contribution is -2.40. The number of methoxy groups -OCH3 is 1. The molecule has 0 aliphatic carbocycles. The van der Waals surface area contributed by atoms with Crippen LogP contribution in [0.15, 0.2) is 18.3 Å². The summed E-state index contributed by atoms with van der Waals surface area (Å²) in [4.78, 5) is 29.1. The highest BCUT2D eigenvalue weighted by atomic mass is 16.5. The van der Waals surface area contributed by atoms with Gasteiger partial charge in [-0.2, -0.15) is 0 Å². The van der Waals surface area contributed by atoms with Crippen molar-refractivity contribution in [3.8, 4) is 0 Å². The molecule has 20 heavy (non-hydrogen) atoms. The van der Waals surface area contributed by atoms with Crippen molar-refractivity contribution in [2.45, 2.75) is 12.8 Å². The second kappa shape index (κ2) is 6.47. The van der Waals surface area contributed by atoms with Crippen LogP contribution in [0.3, 0.4) is 0 Å². The van der Waals surface area contributed by atoms with Crippen LogP contribution in [-0.4, -0.2) is 53.7 Å². The standard InChI is InChI=1S/C14H18N2O4/c1-20-9-10-4-7-16(8-5-10)13(17)12-11(14(18)19)3-2-6-15-12/h2-3,6,10H,4-5,7-9H2,1H3,(H,18,19). The highest BCUT2D eigenvalue weighted by Gasteiger charge is 2.27. The van der Waals surface area contributed by atoms with Gasteiger partial charge in [0.25, 0.3) is 5.91 Å². The van der Waals surface area contributed by atoms with Crippen LogP contribution in [0.2, 0.25) is 0 Å². The van der Waals surface area contributed by atoms with E-state index < -0.39 is 5.97 Å². The molecule has 1 amide bonds. The Morgan fingerprint density at radius 3 is 2.75 bits per heavy atom. The number of piperidine rings is 1. The third-order valence-corrected chi connectivity index (χ3v) is 3.54. The lowest BCUT2D eigenvalue weighted by Gasteiger charge is -2.31. The Hall–Kier alpha value is -1.95. The van der Waals surface area contributed by atoms with Gasteiger partial charge in [0.2, 0.25) is 0 Å². The van der Waals surface area contributed by atoms with Crippen molar-refractivity contribution in [1.82, 2.24) is 9.88 Å². The summed E-state index contributed by atoms with van der Waals surface area (Å²) in [5.41, 5.74) is -0.0262. The molecule has 1 aliphatic heterocycles. The minimum Gasteiger partial charge on any atom is -0.478 e. The zero-order valence-corrected chi connectivity index (χ0v) is 11.4. The Morgan fingerprint density at radius 2 is 2.15 bits per heavy atom. The smallest absolute Gasteiger partial charge is 0.338 e. The number of carbonyl (C=O) groups excluding carboxylic acids is 1. The van der Waals surface area contributed by atoms with Crippen LogP contribution in [-0.2, 0) is 4.74 Å². The first-order valence-corrected chi connectivity index (χ1v) is 6.60. The summed E-state index contributed by atoms with van der Waals surface area (Å²) < 4.78 is 5.12. The number of amides is 1. The highest BCUT2D eigenvalue weighted by molar-refractivity contribution is 6.03. The first kappa shape index (κ1) is 14.5. The van der Waals surface area contributed by atoms with E-state index in [1.807, 2.05) is 0 Å². The minimum atomic E-state index is -1.13. The van der Waals surface area contributed by atoms with Crippen LogP contribution >= 0.6 is 0 Å². The summed E-state index contributed by atoms with van der Waals surface area (Å²) >= 11 is 0. The van der Waals surface area contributed by atoms with Gasteiger partial charge in [-0.15, -0.1) is 0 Å². The van der Waals surface area contributed by atoms with E-state index in [9.17, 15) is 9.59 Å². The molecule has 0 saturated carbocycles. The number of hydrogen-bond acceptors (Lipinski definition) is 4. The van der Waals surface area contributed by atoms with Gasteiger partial charge in [0, 0.05) is 33.0 Å². The number of rotatable bonds is 4. The number of pyridine rings is 1.